The van der Waals surface area contributed by atoms with E-state index in [1.165, 1.54) is 24.2 Å². The Kier molecular flexibility index (Phi) is 1.46. The second-order valence-corrected chi connectivity index (χ2v) is 4.06. The Balaban J connectivity index is 2.33. The largest absolute Gasteiger partial charge is 0.301 e. The van der Waals surface area contributed by atoms with E-state index in [0.29, 0.717) is 5.92 Å². The lowest BCUT2D eigenvalue weighted by Crippen LogP contribution is -1.91. The van der Waals surface area contributed by atoms with Crippen LogP contribution < -0.4 is 0 Å². The maximum absolute atomic E-state index is 4.67. The van der Waals surface area contributed by atoms with E-state index in [1.807, 2.05) is 19.3 Å². The van der Waals surface area contributed by atoms with E-state index < -0.39 is 0 Å². The average Bonchev–Trinajstić information content (AvgIpc) is 2.94. The van der Waals surface area contributed by atoms with Gasteiger partial charge in [-0.2, -0.15) is 0 Å². The molecule has 2 heterocycles. The highest BCUT2D eigenvalue weighted by Gasteiger charge is 2.28. The maximum atomic E-state index is 4.67. The molecule has 1 saturated carbocycles. The Bertz CT molecular complexity index is 494. The number of fused-ring (bicyclic) bond motifs is 1. The van der Waals surface area contributed by atoms with Gasteiger partial charge in [-0.1, -0.05) is 0 Å². The fraction of sp³-hybridized carbons (Fsp3) is 0.455. The molecule has 2 aromatic heterocycles. The van der Waals surface area contributed by atoms with Crippen molar-refractivity contribution in [1.29, 1.82) is 0 Å². The Morgan fingerprint density at radius 3 is 2.79 bits per heavy atom. The minimum Gasteiger partial charge on any atom is -0.301 e. The molecule has 0 amide bonds. The summed E-state index contributed by atoms with van der Waals surface area (Å²) in [5.74, 6) is 0.717. The van der Waals surface area contributed by atoms with Crippen LogP contribution in [0.25, 0.3) is 5.65 Å². The molecule has 0 unspecified atom stereocenters. The first kappa shape index (κ1) is 7.97. The summed E-state index contributed by atoms with van der Waals surface area (Å²) in [4.78, 5) is 8.93. The van der Waals surface area contributed by atoms with Crippen molar-refractivity contribution in [3.63, 3.8) is 0 Å². The molecule has 1 aliphatic rings. The highest BCUT2D eigenvalue weighted by Crippen LogP contribution is 2.41. The van der Waals surface area contributed by atoms with E-state index in [2.05, 4.69) is 21.3 Å². The lowest BCUT2D eigenvalue weighted by molar-refractivity contribution is 1.00. The summed E-state index contributed by atoms with van der Waals surface area (Å²) in [6, 6.07) is 0. The van der Waals surface area contributed by atoms with Crippen molar-refractivity contribution < 1.29 is 0 Å². The maximum Gasteiger partial charge on any atom is 0.158 e. The fourth-order valence-corrected chi connectivity index (χ4v) is 1.98. The predicted octanol–water partition coefficient (Wildman–Crippen LogP) is 2.22. The van der Waals surface area contributed by atoms with Gasteiger partial charge in [-0.15, -0.1) is 0 Å². The van der Waals surface area contributed by atoms with Crippen LogP contribution in [0.4, 0.5) is 0 Å². The SMILES string of the molecule is Cc1nccn2c(C)c(C3CC3)nc12. The van der Waals surface area contributed by atoms with Gasteiger partial charge in [0.25, 0.3) is 0 Å². The molecule has 0 aliphatic heterocycles. The fourth-order valence-electron chi connectivity index (χ4n) is 1.98. The molecule has 0 bridgehead atoms. The minimum atomic E-state index is 0.717. The Morgan fingerprint density at radius 1 is 1.36 bits per heavy atom. The van der Waals surface area contributed by atoms with Gasteiger partial charge in [0, 0.05) is 24.0 Å². The summed E-state index contributed by atoms with van der Waals surface area (Å²) < 4.78 is 2.15. The van der Waals surface area contributed by atoms with Gasteiger partial charge in [0.05, 0.1) is 11.4 Å². The number of hydrogen-bond donors (Lipinski definition) is 0. The second kappa shape index (κ2) is 2.56. The Morgan fingerprint density at radius 2 is 2.14 bits per heavy atom. The number of imidazole rings is 1. The zero-order valence-electron chi connectivity index (χ0n) is 8.49. The van der Waals surface area contributed by atoms with Crippen molar-refractivity contribution >= 4 is 5.65 Å². The number of hydrogen-bond acceptors (Lipinski definition) is 2. The first-order chi connectivity index (χ1) is 6.77. The first-order valence-corrected chi connectivity index (χ1v) is 5.07. The van der Waals surface area contributed by atoms with Crippen molar-refractivity contribution in [2.45, 2.75) is 32.6 Å². The molecule has 72 valence electrons. The molecule has 3 nitrogen and oxygen atoms in total. The van der Waals surface area contributed by atoms with Crippen molar-refractivity contribution in [3.8, 4) is 0 Å². The molecule has 14 heavy (non-hydrogen) atoms. The lowest BCUT2D eigenvalue weighted by Gasteiger charge is -1.97. The van der Waals surface area contributed by atoms with Gasteiger partial charge in [0.15, 0.2) is 5.65 Å². The van der Waals surface area contributed by atoms with Gasteiger partial charge in [0.1, 0.15) is 0 Å². The average molecular weight is 187 g/mol. The standard InChI is InChI=1S/C11H13N3/c1-7-11-13-10(9-3-4-9)8(2)14(11)6-5-12-7/h5-6,9H,3-4H2,1-2H3. The smallest absolute Gasteiger partial charge is 0.158 e. The van der Waals surface area contributed by atoms with Gasteiger partial charge >= 0.3 is 0 Å². The van der Waals surface area contributed by atoms with E-state index in [4.69, 9.17) is 0 Å². The molecule has 1 fully saturated rings. The molecule has 0 aromatic carbocycles. The van der Waals surface area contributed by atoms with E-state index in [0.717, 1.165) is 11.3 Å². The highest BCUT2D eigenvalue weighted by atomic mass is 15.0. The van der Waals surface area contributed by atoms with Gasteiger partial charge in [-0.25, -0.2) is 4.98 Å². The predicted molar refractivity (Wildman–Crippen MR) is 54.4 cm³/mol. The third kappa shape index (κ3) is 0.983. The van der Waals surface area contributed by atoms with Crippen LogP contribution in [0.5, 0.6) is 0 Å². The van der Waals surface area contributed by atoms with Crippen LogP contribution in [0.15, 0.2) is 12.4 Å². The lowest BCUT2D eigenvalue weighted by atomic mass is 10.2. The number of aryl methyl sites for hydroxylation is 2. The summed E-state index contributed by atoms with van der Waals surface area (Å²) in [6.45, 7) is 4.16. The molecule has 3 rings (SSSR count). The summed E-state index contributed by atoms with van der Waals surface area (Å²) >= 11 is 0. The molecular formula is C11H13N3. The van der Waals surface area contributed by atoms with Crippen LogP contribution in [0, 0.1) is 13.8 Å². The molecule has 2 aromatic rings. The second-order valence-electron chi connectivity index (χ2n) is 4.06. The van der Waals surface area contributed by atoms with Crippen LogP contribution >= 0.6 is 0 Å². The molecular weight excluding hydrogens is 174 g/mol. The molecule has 0 spiro atoms. The summed E-state index contributed by atoms with van der Waals surface area (Å²) in [6.07, 6.45) is 6.44. The third-order valence-corrected chi connectivity index (χ3v) is 2.96. The van der Waals surface area contributed by atoms with Gasteiger partial charge in [0.2, 0.25) is 0 Å². The number of nitrogens with zero attached hydrogens (tertiary/aromatic N) is 3. The van der Waals surface area contributed by atoms with Crippen LogP contribution in [-0.2, 0) is 0 Å². The zero-order chi connectivity index (χ0) is 9.71. The van der Waals surface area contributed by atoms with Crippen molar-refractivity contribution in [2.75, 3.05) is 0 Å². The molecule has 0 N–H and O–H groups in total. The van der Waals surface area contributed by atoms with Crippen molar-refractivity contribution in [2.24, 2.45) is 0 Å². The molecule has 0 radical (unpaired) electrons. The summed E-state index contributed by atoms with van der Waals surface area (Å²) in [5, 5.41) is 0. The molecule has 0 saturated heterocycles. The van der Waals surface area contributed by atoms with E-state index in [1.54, 1.807) is 0 Å². The summed E-state index contributed by atoms with van der Waals surface area (Å²) in [5.41, 5.74) is 4.60. The van der Waals surface area contributed by atoms with E-state index in [9.17, 15) is 0 Å². The van der Waals surface area contributed by atoms with Gasteiger partial charge in [-0.3, -0.25) is 4.98 Å². The first-order valence-electron chi connectivity index (χ1n) is 5.07. The normalized spacial score (nSPS) is 16.4. The molecule has 1 aliphatic carbocycles. The number of rotatable bonds is 1. The summed E-state index contributed by atoms with van der Waals surface area (Å²) in [7, 11) is 0. The van der Waals surface area contributed by atoms with Crippen molar-refractivity contribution in [3.05, 3.63) is 29.5 Å². The molecule has 0 atom stereocenters. The van der Waals surface area contributed by atoms with Crippen molar-refractivity contribution in [1.82, 2.24) is 14.4 Å². The van der Waals surface area contributed by atoms with Crippen LogP contribution in [0.3, 0.4) is 0 Å². The van der Waals surface area contributed by atoms with Crippen LogP contribution in [0.2, 0.25) is 0 Å². The van der Waals surface area contributed by atoms with Crippen LogP contribution in [-0.4, -0.2) is 14.4 Å². The Hall–Kier alpha value is -1.38. The highest BCUT2D eigenvalue weighted by molar-refractivity contribution is 5.48. The monoisotopic (exact) mass is 187 g/mol. The van der Waals surface area contributed by atoms with E-state index >= 15 is 0 Å². The Labute approximate surface area is 82.8 Å². The minimum absolute atomic E-state index is 0.717. The zero-order valence-corrected chi connectivity index (χ0v) is 8.49. The number of aromatic nitrogens is 3. The van der Waals surface area contributed by atoms with Gasteiger partial charge < -0.3 is 4.40 Å². The topological polar surface area (TPSA) is 30.2 Å². The van der Waals surface area contributed by atoms with E-state index in [-0.39, 0.29) is 0 Å². The van der Waals surface area contributed by atoms with Crippen LogP contribution in [0.1, 0.15) is 35.8 Å². The third-order valence-electron chi connectivity index (χ3n) is 2.96. The van der Waals surface area contributed by atoms with Gasteiger partial charge in [-0.05, 0) is 26.7 Å². The quantitative estimate of drug-likeness (QED) is 0.685. The molecule has 3 heteroatoms.